The molecule has 0 spiro atoms. The lowest BCUT2D eigenvalue weighted by Crippen LogP contribution is -2.03. The van der Waals surface area contributed by atoms with Crippen molar-refractivity contribution < 1.29 is 14.3 Å². The molecular formula is C19H20O3. The fraction of sp³-hybridized carbons (Fsp3) is 0.263. The Hall–Kier alpha value is -2.42. The number of benzene rings is 2. The minimum absolute atomic E-state index is 0.341. The van der Waals surface area contributed by atoms with E-state index in [1.807, 2.05) is 24.3 Å². The SMILES string of the molecule is CCCc1cccc(C=O)c1Cc1ccc(C(=O)OC)cc1. The number of carbonyl (C=O) groups is 2. The predicted molar refractivity (Wildman–Crippen MR) is 86.4 cm³/mol. The molecule has 0 amide bonds. The van der Waals surface area contributed by atoms with Crippen LogP contribution < -0.4 is 0 Å². The van der Waals surface area contributed by atoms with Crippen molar-refractivity contribution in [3.05, 3.63) is 70.3 Å². The molecule has 3 heteroatoms. The quantitative estimate of drug-likeness (QED) is 0.601. The molecule has 22 heavy (non-hydrogen) atoms. The molecule has 0 saturated heterocycles. The molecule has 0 N–H and O–H groups in total. The molecule has 2 aromatic rings. The average molecular weight is 296 g/mol. The summed E-state index contributed by atoms with van der Waals surface area (Å²) in [6.07, 6.45) is 3.59. The predicted octanol–water partition coefficient (Wildman–Crippen LogP) is 3.83. The van der Waals surface area contributed by atoms with E-state index < -0.39 is 0 Å². The smallest absolute Gasteiger partial charge is 0.337 e. The number of aldehydes is 1. The Balaban J connectivity index is 2.30. The molecule has 2 rings (SSSR count). The summed E-state index contributed by atoms with van der Waals surface area (Å²) in [4.78, 5) is 22.7. The number of hydrogen-bond donors (Lipinski definition) is 0. The normalized spacial score (nSPS) is 10.3. The van der Waals surface area contributed by atoms with Crippen molar-refractivity contribution in [2.24, 2.45) is 0 Å². The number of hydrogen-bond acceptors (Lipinski definition) is 3. The third-order valence-electron chi connectivity index (χ3n) is 3.71. The number of aryl methyl sites for hydroxylation is 1. The fourth-order valence-electron chi connectivity index (χ4n) is 2.56. The van der Waals surface area contributed by atoms with Crippen molar-refractivity contribution in [2.75, 3.05) is 7.11 Å². The minimum Gasteiger partial charge on any atom is -0.465 e. The Morgan fingerprint density at radius 3 is 2.45 bits per heavy atom. The van der Waals surface area contributed by atoms with Gasteiger partial charge in [0.25, 0.3) is 0 Å². The maximum absolute atomic E-state index is 11.5. The van der Waals surface area contributed by atoms with Crippen LogP contribution in [0.3, 0.4) is 0 Å². The van der Waals surface area contributed by atoms with Crippen molar-refractivity contribution in [1.82, 2.24) is 0 Å². The summed E-state index contributed by atoms with van der Waals surface area (Å²) in [7, 11) is 1.37. The molecule has 0 fully saturated rings. The lowest BCUT2D eigenvalue weighted by Gasteiger charge is -2.12. The Kier molecular flexibility index (Phi) is 5.48. The number of carbonyl (C=O) groups excluding carboxylic acids is 2. The van der Waals surface area contributed by atoms with E-state index in [4.69, 9.17) is 4.74 Å². The van der Waals surface area contributed by atoms with Crippen LogP contribution in [0.2, 0.25) is 0 Å². The molecule has 0 unspecified atom stereocenters. The average Bonchev–Trinajstić information content (AvgIpc) is 2.56. The maximum Gasteiger partial charge on any atom is 0.337 e. The van der Waals surface area contributed by atoms with Gasteiger partial charge in [0.15, 0.2) is 0 Å². The van der Waals surface area contributed by atoms with E-state index in [1.54, 1.807) is 12.1 Å². The molecule has 2 aromatic carbocycles. The molecule has 0 aliphatic rings. The van der Waals surface area contributed by atoms with Crippen LogP contribution >= 0.6 is 0 Å². The van der Waals surface area contributed by atoms with Crippen LogP contribution in [-0.4, -0.2) is 19.4 Å². The van der Waals surface area contributed by atoms with Gasteiger partial charge in [-0.15, -0.1) is 0 Å². The van der Waals surface area contributed by atoms with Crippen molar-refractivity contribution in [3.63, 3.8) is 0 Å². The third-order valence-corrected chi connectivity index (χ3v) is 3.71. The van der Waals surface area contributed by atoms with Gasteiger partial charge in [0.05, 0.1) is 12.7 Å². The van der Waals surface area contributed by atoms with Crippen LogP contribution in [0.4, 0.5) is 0 Å². The summed E-state index contributed by atoms with van der Waals surface area (Å²) in [6, 6.07) is 13.2. The molecule has 0 aromatic heterocycles. The van der Waals surface area contributed by atoms with E-state index in [-0.39, 0.29) is 5.97 Å². The van der Waals surface area contributed by atoms with Crippen molar-refractivity contribution in [3.8, 4) is 0 Å². The Bertz CT molecular complexity index is 657. The second-order valence-electron chi connectivity index (χ2n) is 5.22. The van der Waals surface area contributed by atoms with Gasteiger partial charge in [-0.2, -0.15) is 0 Å². The summed E-state index contributed by atoms with van der Waals surface area (Å²) in [5.74, 6) is -0.341. The summed E-state index contributed by atoms with van der Waals surface area (Å²) < 4.78 is 4.70. The summed E-state index contributed by atoms with van der Waals surface area (Å²) in [5.41, 5.74) is 4.63. The first-order valence-electron chi connectivity index (χ1n) is 7.42. The van der Waals surface area contributed by atoms with E-state index in [0.717, 1.165) is 35.8 Å². The first kappa shape index (κ1) is 16.0. The monoisotopic (exact) mass is 296 g/mol. The lowest BCUT2D eigenvalue weighted by atomic mass is 9.93. The van der Waals surface area contributed by atoms with Crippen molar-refractivity contribution >= 4 is 12.3 Å². The van der Waals surface area contributed by atoms with Gasteiger partial charge < -0.3 is 4.74 Å². The van der Waals surface area contributed by atoms with Gasteiger partial charge in [-0.05, 0) is 41.7 Å². The highest BCUT2D eigenvalue weighted by Crippen LogP contribution is 2.20. The highest BCUT2D eigenvalue weighted by atomic mass is 16.5. The van der Waals surface area contributed by atoms with E-state index >= 15 is 0 Å². The molecule has 0 bridgehead atoms. The van der Waals surface area contributed by atoms with Gasteiger partial charge in [0.1, 0.15) is 6.29 Å². The number of methoxy groups -OCH3 is 1. The number of esters is 1. The van der Waals surface area contributed by atoms with Gasteiger partial charge in [-0.3, -0.25) is 4.79 Å². The highest BCUT2D eigenvalue weighted by Gasteiger charge is 2.10. The first-order valence-corrected chi connectivity index (χ1v) is 7.42. The van der Waals surface area contributed by atoms with Crippen LogP contribution in [0.5, 0.6) is 0 Å². The molecule has 0 heterocycles. The second kappa shape index (κ2) is 7.55. The Morgan fingerprint density at radius 2 is 1.86 bits per heavy atom. The highest BCUT2D eigenvalue weighted by molar-refractivity contribution is 5.89. The maximum atomic E-state index is 11.5. The molecule has 0 radical (unpaired) electrons. The van der Waals surface area contributed by atoms with Crippen LogP contribution in [0.15, 0.2) is 42.5 Å². The molecular weight excluding hydrogens is 276 g/mol. The zero-order valence-corrected chi connectivity index (χ0v) is 13.0. The zero-order chi connectivity index (χ0) is 15.9. The van der Waals surface area contributed by atoms with Gasteiger partial charge in [0.2, 0.25) is 0 Å². The van der Waals surface area contributed by atoms with Gasteiger partial charge in [-0.25, -0.2) is 4.79 Å². The molecule has 0 atom stereocenters. The molecule has 0 aliphatic heterocycles. The Labute approximate surface area is 130 Å². The van der Waals surface area contributed by atoms with Crippen molar-refractivity contribution in [1.29, 1.82) is 0 Å². The third kappa shape index (κ3) is 3.61. The molecule has 114 valence electrons. The molecule has 3 nitrogen and oxygen atoms in total. The van der Waals surface area contributed by atoms with Crippen LogP contribution in [-0.2, 0) is 17.6 Å². The number of ether oxygens (including phenoxy) is 1. The second-order valence-corrected chi connectivity index (χ2v) is 5.22. The lowest BCUT2D eigenvalue weighted by molar-refractivity contribution is 0.0600. The minimum atomic E-state index is -0.341. The summed E-state index contributed by atoms with van der Waals surface area (Å²) >= 11 is 0. The number of rotatable bonds is 6. The first-order chi connectivity index (χ1) is 10.7. The van der Waals surface area contributed by atoms with Gasteiger partial charge in [0, 0.05) is 5.56 Å². The molecule has 0 saturated carbocycles. The van der Waals surface area contributed by atoms with Crippen molar-refractivity contribution in [2.45, 2.75) is 26.2 Å². The zero-order valence-electron chi connectivity index (χ0n) is 13.0. The summed E-state index contributed by atoms with van der Waals surface area (Å²) in [6.45, 7) is 2.13. The largest absolute Gasteiger partial charge is 0.465 e. The van der Waals surface area contributed by atoms with E-state index in [1.165, 1.54) is 12.7 Å². The Morgan fingerprint density at radius 1 is 1.14 bits per heavy atom. The van der Waals surface area contributed by atoms with Gasteiger partial charge >= 0.3 is 5.97 Å². The van der Waals surface area contributed by atoms with Gasteiger partial charge in [-0.1, -0.05) is 43.7 Å². The van der Waals surface area contributed by atoms with E-state index in [0.29, 0.717) is 12.0 Å². The fourth-order valence-corrected chi connectivity index (χ4v) is 2.56. The topological polar surface area (TPSA) is 43.4 Å². The van der Waals surface area contributed by atoms with Crippen LogP contribution in [0.25, 0.3) is 0 Å². The molecule has 0 aliphatic carbocycles. The van der Waals surface area contributed by atoms with Crippen LogP contribution in [0.1, 0.15) is 50.8 Å². The van der Waals surface area contributed by atoms with Crippen LogP contribution in [0, 0.1) is 0 Å². The van der Waals surface area contributed by atoms with E-state index in [9.17, 15) is 9.59 Å². The summed E-state index contributed by atoms with van der Waals surface area (Å²) in [5, 5.41) is 0. The standard InChI is InChI=1S/C19H20O3/c1-3-5-15-6-4-7-17(13-20)18(15)12-14-8-10-16(11-9-14)19(21)22-2/h4,6-11,13H,3,5,12H2,1-2H3. The van der Waals surface area contributed by atoms with E-state index in [2.05, 4.69) is 13.0 Å².